The molecule has 1 unspecified atom stereocenters. The van der Waals surface area contributed by atoms with E-state index in [0.29, 0.717) is 12.2 Å². The largest absolute Gasteiger partial charge is 0.476 e. The van der Waals surface area contributed by atoms with Crippen LogP contribution in [0.25, 0.3) is 0 Å². The zero-order valence-corrected chi connectivity index (χ0v) is 10.4. The lowest BCUT2D eigenvalue weighted by molar-refractivity contribution is -0.124. The molecule has 7 heteroatoms. The molecule has 1 atom stereocenters. The molecule has 1 aliphatic rings. The predicted octanol–water partition coefficient (Wildman–Crippen LogP) is 0.551. The van der Waals surface area contributed by atoms with Crippen LogP contribution < -0.4 is 5.32 Å². The summed E-state index contributed by atoms with van der Waals surface area (Å²) >= 11 is 0. The average molecular weight is 252 g/mol. The van der Waals surface area contributed by atoms with Crippen LogP contribution in [-0.4, -0.2) is 38.5 Å². The van der Waals surface area contributed by atoms with Crippen LogP contribution in [0.3, 0.4) is 0 Å². The maximum Gasteiger partial charge on any atom is 0.358 e. The van der Waals surface area contributed by atoms with E-state index < -0.39 is 12.0 Å². The molecular formula is C11H16N4O3. The Kier molecular flexibility index (Phi) is 3.31. The quantitative estimate of drug-likeness (QED) is 0.797. The van der Waals surface area contributed by atoms with E-state index in [1.807, 2.05) is 6.92 Å². The lowest BCUT2D eigenvalue weighted by Crippen LogP contribution is -2.32. The van der Waals surface area contributed by atoms with Gasteiger partial charge in [0.05, 0.1) is 5.69 Å². The number of rotatable bonds is 5. The molecule has 1 amide bonds. The van der Waals surface area contributed by atoms with Gasteiger partial charge in [-0.2, -0.15) is 0 Å². The fourth-order valence-electron chi connectivity index (χ4n) is 1.91. The highest BCUT2D eigenvalue weighted by Crippen LogP contribution is 2.41. The third kappa shape index (κ3) is 2.20. The van der Waals surface area contributed by atoms with Gasteiger partial charge in [-0.05, 0) is 26.7 Å². The van der Waals surface area contributed by atoms with Gasteiger partial charge in [0.15, 0.2) is 5.69 Å². The second-order valence-corrected chi connectivity index (χ2v) is 4.42. The van der Waals surface area contributed by atoms with Crippen molar-refractivity contribution in [1.82, 2.24) is 20.3 Å². The number of hydrogen-bond acceptors (Lipinski definition) is 4. The fraction of sp³-hybridized carbons (Fsp3) is 0.636. The van der Waals surface area contributed by atoms with Gasteiger partial charge in [0.2, 0.25) is 5.91 Å². The third-order valence-electron chi connectivity index (χ3n) is 2.99. The van der Waals surface area contributed by atoms with Crippen molar-refractivity contribution in [3.63, 3.8) is 0 Å². The van der Waals surface area contributed by atoms with E-state index in [1.165, 1.54) is 4.68 Å². The molecule has 18 heavy (non-hydrogen) atoms. The molecular weight excluding hydrogens is 236 g/mol. The van der Waals surface area contributed by atoms with E-state index in [2.05, 4.69) is 15.6 Å². The van der Waals surface area contributed by atoms with Crippen LogP contribution in [0.15, 0.2) is 0 Å². The van der Waals surface area contributed by atoms with Crippen LogP contribution in [0, 0.1) is 0 Å². The summed E-state index contributed by atoms with van der Waals surface area (Å²) in [6, 6.07) is -0.541. The first-order chi connectivity index (χ1) is 8.56. The van der Waals surface area contributed by atoms with Gasteiger partial charge in [0.1, 0.15) is 6.04 Å². The van der Waals surface area contributed by atoms with Crippen LogP contribution in [0.2, 0.25) is 0 Å². The Labute approximate surface area is 104 Å². The summed E-state index contributed by atoms with van der Waals surface area (Å²) in [5.41, 5.74) is 0.537. The molecule has 1 saturated carbocycles. The molecule has 0 aromatic carbocycles. The molecule has 0 bridgehead atoms. The molecule has 1 aromatic heterocycles. The summed E-state index contributed by atoms with van der Waals surface area (Å²) < 4.78 is 1.44. The van der Waals surface area contributed by atoms with Crippen molar-refractivity contribution in [2.45, 2.75) is 38.6 Å². The Hall–Kier alpha value is -1.92. The Bertz CT molecular complexity index is 479. The van der Waals surface area contributed by atoms with Gasteiger partial charge in [-0.25, -0.2) is 9.48 Å². The topological polar surface area (TPSA) is 97.1 Å². The van der Waals surface area contributed by atoms with Crippen LogP contribution in [0.5, 0.6) is 0 Å². The molecule has 98 valence electrons. The second-order valence-electron chi connectivity index (χ2n) is 4.42. The number of aromatic nitrogens is 3. The van der Waals surface area contributed by atoms with Crippen molar-refractivity contribution >= 4 is 11.9 Å². The Balaban J connectivity index is 2.32. The molecule has 0 radical (unpaired) electrons. The summed E-state index contributed by atoms with van der Waals surface area (Å²) in [4.78, 5) is 22.8. The molecule has 2 rings (SSSR count). The highest BCUT2D eigenvalue weighted by molar-refractivity contribution is 5.87. The van der Waals surface area contributed by atoms with Crippen molar-refractivity contribution in [2.24, 2.45) is 0 Å². The highest BCUT2D eigenvalue weighted by atomic mass is 16.4. The number of hydrogen-bond donors (Lipinski definition) is 2. The Morgan fingerprint density at radius 2 is 2.22 bits per heavy atom. The summed E-state index contributed by atoms with van der Waals surface area (Å²) in [5.74, 6) is -1.10. The van der Waals surface area contributed by atoms with Gasteiger partial charge in [0.25, 0.3) is 0 Å². The summed E-state index contributed by atoms with van der Waals surface area (Å²) in [6.07, 6.45) is 1.85. The van der Waals surface area contributed by atoms with Crippen LogP contribution in [0.1, 0.15) is 54.8 Å². The second kappa shape index (κ2) is 4.75. The van der Waals surface area contributed by atoms with Gasteiger partial charge in [0, 0.05) is 12.5 Å². The molecule has 2 N–H and O–H groups in total. The third-order valence-corrected chi connectivity index (χ3v) is 2.99. The number of nitrogens with zero attached hydrogens (tertiary/aromatic N) is 3. The molecule has 1 fully saturated rings. The van der Waals surface area contributed by atoms with Crippen LogP contribution in [0.4, 0.5) is 0 Å². The number of amides is 1. The summed E-state index contributed by atoms with van der Waals surface area (Å²) in [6.45, 7) is 4.05. The highest BCUT2D eigenvalue weighted by Gasteiger charge is 2.35. The normalized spacial score (nSPS) is 16.3. The van der Waals surface area contributed by atoms with Gasteiger partial charge < -0.3 is 10.4 Å². The number of carboxylic acid groups (broad SMARTS) is 1. The van der Waals surface area contributed by atoms with E-state index in [4.69, 9.17) is 5.11 Å². The van der Waals surface area contributed by atoms with Crippen molar-refractivity contribution < 1.29 is 14.7 Å². The van der Waals surface area contributed by atoms with E-state index >= 15 is 0 Å². The van der Waals surface area contributed by atoms with Crippen molar-refractivity contribution in [3.8, 4) is 0 Å². The molecule has 0 saturated heterocycles. The van der Waals surface area contributed by atoms with Crippen molar-refractivity contribution in [3.05, 3.63) is 11.4 Å². The molecule has 0 aliphatic heterocycles. The lowest BCUT2D eigenvalue weighted by atomic mass is 10.2. The van der Waals surface area contributed by atoms with E-state index in [0.717, 1.165) is 12.8 Å². The first-order valence-electron chi connectivity index (χ1n) is 6.02. The minimum Gasteiger partial charge on any atom is -0.476 e. The van der Waals surface area contributed by atoms with E-state index in [1.54, 1.807) is 6.92 Å². The average Bonchev–Trinajstić information content (AvgIpc) is 3.06. The van der Waals surface area contributed by atoms with Crippen molar-refractivity contribution in [1.29, 1.82) is 0 Å². The Morgan fingerprint density at radius 1 is 1.56 bits per heavy atom. The predicted molar refractivity (Wildman–Crippen MR) is 62.4 cm³/mol. The number of aromatic carboxylic acids is 1. The SMILES string of the molecule is CCNC(=O)C(C)n1nnc(C(=O)O)c1C1CC1. The molecule has 1 aliphatic carbocycles. The Morgan fingerprint density at radius 3 is 2.72 bits per heavy atom. The van der Waals surface area contributed by atoms with Crippen molar-refractivity contribution in [2.75, 3.05) is 6.54 Å². The van der Waals surface area contributed by atoms with E-state index in [-0.39, 0.29) is 17.5 Å². The zero-order chi connectivity index (χ0) is 13.3. The van der Waals surface area contributed by atoms with Crippen LogP contribution in [-0.2, 0) is 4.79 Å². The lowest BCUT2D eigenvalue weighted by Gasteiger charge is -2.13. The maximum absolute atomic E-state index is 11.8. The first-order valence-corrected chi connectivity index (χ1v) is 6.02. The summed E-state index contributed by atoms with van der Waals surface area (Å²) in [7, 11) is 0. The van der Waals surface area contributed by atoms with Crippen LogP contribution >= 0.6 is 0 Å². The smallest absolute Gasteiger partial charge is 0.358 e. The number of likely N-dealkylation sites (N-methyl/N-ethyl adjacent to an activating group) is 1. The monoisotopic (exact) mass is 252 g/mol. The minimum absolute atomic E-state index is 0.0337. The van der Waals surface area contributed by atoms with Gasteiger partial charge in [-0.15, -0.1) is 5.10 Å². The van der Waals surface area contributed by atoms with Gasteiger partial charge in [-0.1, -0.05) is 5.21 Å². The number of carbonyl (C=O) groups is 2. The summed E-state index contributed by atoms with van der Waals surface area (Å²) in [5, 5.41) is 19.3. The fourth-order valence-corrected chi connectivity index (χ4v) is 1.91. The molecule has 0 spiro atoms. The maximum atomic E-state index is 11.8. The first kappa shape index (κ1) is 12.5. The number of nitrogens with one attached hydrogen (secondary N) is 1. The van der Waals surface area contributed by atoms with E-state index in [9.17, 15) is 9.59 Å². The molecule has 1 aromatic rings. The van der Waals surface area contributed by atoms with Gasteiger partial charge in [-0.3, -0.25) is 4.79 Å². The number of carbonyl (C=O) groups excluding carboxylic acids is 1. The zero-order valence-electron chi connectivity index (χ0n) is 10.4. The number of carboxylic acids is 1. The molecule has 7 nitrogen and oxygen atoms in total. The molecule has 1 heterocycles. The minimum atomic E-state index is -1.09. The standard InChI is InChI=1S/C11H16N4O3/c1-3-12-10(16)6(2)15-9(7-4-5-7)8(11(17)18)13-14-15/h6-7H,3-5H2,1-2H3,(H,12,16)(H,17,18). The van der Waals surface area contributed by atoms with Gasteiger partial charge >= 0.3 is 5.97 Å².